The number of nitrogens with one attached hydrogen (secondary N) is 2. The minimum absolute atomic E-state index is 0.0389. The van der Waals surface area contributed by atoms with E-state index in [1.54, 1.807) is 29.3 Å². The molecule has 0 bridgehead atoms. The Kier molecular flexibility index (Phi) is 6.31. The first-order chi connectivity index (χ1) is 13.9. The normalized spacial score (nSPS) is 14.2. The fraction of sp³-hybridized carbons (Fsp3) is 0.381. The SMILES string of the molecule is CC(C)Cc1cc(F)c(C(=N)N=N)c(N2CCN(C(=O)c3ccccn3)CC2)c1. The van der Waals surface area contributed by atoms with Crippen molar-refractivity contribution in [2.45, 2.75) is 20.3 Å². The monoisotopic (exact) mass is 396 g/mol. The standard InChI is InChI=1S/C21H25FN6O/c1-14(2)11-15-12-16(22)19(20(23)26-24)18(13-15)27-7-9-28(10-8-27)21(29)17-5-3-4-6-25-17/h3-6,12-14,23-24H,7-11H2,1-2H3. The summed E-state index contributed by atoms with van der Waals surface area (Å²) in [6.45, 7) is 6.07. The van der Waals surface area contributed by atoms with Gasteiger partial charge in [0.25, 0.3) is 5.91 Å². The molecule has 0 atom stereocenters. The number of carbonyl (C=O) groups excluding carboxylic acids is 1. The first-order valence-electron chi connectivity index (χ1n) is 9.64. The van der Waals surface area contributed by atoms with Gasteiger partial charge in [0, 0.05) is 32.4 Å². The van der Waals surface area contributed by atoms with Gasteiger partial charge in [0.05, 0.1) is 11.3 Å². The van der Waals surface area contributed by atoms with Gasteiger partial charge in [0.1, 0.15) is 11.5 Å². The third-order valence-electron chi connectivity index (χ3n) is 4.91. The lowest BCUT2D eigenvalue weighted by Crippen LogP contribution is -2.49. The molecule has 1 saturated heterocycles. The summed E-state index contributed by atoms with van der Waals surface area (Å²) in [4.78, 5) is 20.4. The predicted octanol–water partition coefficient (Wildman–Crippen LogP) is 3.74. The van der Waals surface area contributed by atoms with Crippen LogP contribution in [0.3, 0.4) is 0 Å². The minimum Gasteiger partial charge on any atom is -0.367 e. The first-order valence-corrected chi connectivity index (χ1v) is 9.64. The molecule has 3 rings (SSSR count). The van der Waals surface area contributed by atoms with Crippen LogP contribution in [-0.4, -0.2) is 47.8 Å². The summed E-state index contributed by atoms with van der Waals surface area (Å²) in [5.41, 5.74) is 9.01. The number of hydrogen-bond donors (Lipinski definition) is 2. The van der Waals surface area contributed by atoms with Crippen LogP contribution in [0.15, 0.2) is 41.6 Å². The van der Waals surface area contributed by atoms with Crippen molar-refractivity contribution in [2.24, 2.45) is 11.0 Å². The van der Waals surface area contributed by atoms with E-state index in [-0.39, 0.29) is 11.5 Å². The molecule has 1 amide bonds. The smallest absolute Gasteiger partial charge is 0.272 e. The summed E-state index contributed by atoms with van der Waals surface area (Å²) >= 11 is 0. The summed E-state index contributed by atoms with van der Waals surface area (Å²) in [5.74, 6) is -0.702. The van der Waals surface area contributed by atoms with Crippen molar-refractivity contribution in [3.05, 3.63) is 59.2 Å². The van der Waals surface area contributed by atoms with Crippen LogP contribution in [0, 0.1) is 22.7 Å². The minimum atomic E-state index is -0.536. The van der Waals surface area contributed by atoms with Crippen LogP contribution in [0.4, 0.5) is 10.1 Å². The van der Waals surface area contributed by atoms with Crippen LogP contribution < -0.4 is 4.90 Å². The molecule has 2 aromatic rings. The number of aromatic nitrogens is 1. The highest BCUT2D eigenvalue weighted by molar-refractivity contribution is 6.02. The second kappa shape index (κ2) is 8.89. The van der Waals surface area contributed by atoms with Gasteiger partial charge in [-0.1, -0.05) is 19.9 Å². The molecule has 1 aliphatic heterocycles. The van der Waals surface area contributed by atoms with E-state index in [1.807, 2.05) is 11.0 Å². The number of piperazine rings is 1. The fourth-order valence-electron chi connectivity index (χ4n) is 3.58. The van der Waals surface area contributed by atoms with E-state index >= 15 is 0 Å². The van der Waals surface area contributed by atoms with Gasteiger partial charge in [-0.05, 0) is 42.2 Å². The molecule has 1 fully saturated rings. The largest absolute Gasteiger partial charge is 0.367 e. The van der Waals surface area contributed by atoms with E-state index in [9.17, 15) is 9.18 Å². The number of carbonyl (C=O) groups is 1. The Hall–Kier alpha value is -3.16. The van der Waals surface area contributed by atoms with Gasteiger partial charge >= 0.3 is 0 Å². The van der Waals surface area contributed by atoms with Gasteiger partial charge in [0.2, 0.25) is 0 Å². The number of benzene rings is 1. The van der Waals surface area contributed by atoms with E-state index in [0.717, 1.165) is 5.56 Å². The number of amidine groups is 1. The number of halogens is 1. The summed E-state index contributed by atoms with van der Waals surface area (Å²) in [5, 5.41) is 11.1. The predicted molar refractivity (Wildman–Crippen MR) is 109 cm³/mol. The number of pyridine rings is 1. The van der Waals surface area contributed by atoms with Crippen molar-refractivity contribution in [1.29, 1.82) is 10.9 Å². The summed E-state index contributed by atoms with van der Waals surface area (Å²) in [6.07, 6.45) is 2.31. The Morgan fingerprint density at radius 2 is 1.97 bits per heavy atom. The van der Waals surface area contributed by atoms with Crippen LogP contribution >= 0.6 is 0 Å². The molecule has 2 heterocycles. The second-order valence-corrected chi connectivity index (χ2v) is 7.52. The number of rotatable bonds is 5. The van der Waals surface area contributed by atoms with E-state index in [1.165, 1.54) is 6.07 Å². The van der Waals surface area contributed by atoms with E-state index < -0.39 is 11.7 Å². The molecule has 29 heavy (non-hydrogen) atoms. The fourth-order valence-corrected chi connectivity index (χ4v) is 3.58. The Balaban J connectivity index is 1.83. The number of anilines is 1. The van der Waals surface area contributed by atoms with Crippen molar-refractivity contribution in [3.8, 4) is 0 Å². The number of nitrogens with zero attached hydrogens (tertiary/aromatic N) is 4. The van der Waals surface area contributed by atoms with Crippen LogP contribution in [-0.2, 0) is 6.42 Å². The Labute approximate surface area is 169 Å². The summed E-state index contributed by atoms with van der Waals surface area (Å²) < 4.78 is 14.8. The number of hydrogen-bond acceptors (Lipinski definition) is 5. The zero-order valence-corrected chi connectivity index (χ0v) is 16.7. The molecule has 0 spiro atoms. The van der Waals surface area contributed by atoms with Gasteiger partial charge in [-0.3, -0.25) is 15.2 Å². The molecule has 1 aromatic heterocycles. The van der Waals surface area contributed by atoms with Crippen molar-refractivity contribution in [1.82, 2.24) is 9.88 Å². The first kappa shape index (κ1) is 20.6. The highest BCUT2D eigenvalue weighted by atomic mass is 19.1. The van der Waals surface area contributed by atoms with E-state index in [0.29, 0.717) is 49.9 Å². The van der Waals surface area contributed by atoms with E-state index in [4.69, 9.17) is 10.9 Å². The van der Waals surface area contributed by atoms with Crippen molar-refractivity contribution < 1.29 is 9.18 Å². The molecule has 8 heteroatoms. The Morgan fingerprint density at radius 1 is 1.24 bits per heavy atom. The Morgan fingerprint density at radius 3 is 2.55 bits per heavy atom. The molecule has 0 aliphatic carbocycles. The van der Waals surface area contributed by atoms with Gasteiger partial charge in [-0.15, -0.1) is 5.11 Å². The van der Waals surface area contributed by atoms with Crippen molar-refractivity contribution in [2.75, 3.05) is 31.1 Å². The topological polar surface area (TPSA) is 96.5 Å². The molecule has 152 valence electrons. The molecule has 0 unspecified atom stereocenters. The van der Waals surface area contributed by atoms with Crippen LogP contribution in [0.2, 0.25) is 0 Å². The maximum atomic E-state index is 14.8. The lowest BCUT2D eigenvalue weighted by Gasteiger charge is -2.37. The molecule has 2 N–H and O–H groups in total. The summed E-state index contributed by atoms with van der Waals surface area (Å²) in [7, 11) is 0. The Bertz CT molecular complexity index is 907. The van der Waals surface area contributed by atoms with Crippen molar-refractivity contribution >= 4 is 17.4 Å². The molecule has 1 aromatic carbocycles. The molecular formula is C21H25FN6O. The third-order valence-corrected chi connectivity index (χ3v) is 4.91. The zero-order chi connectivity index (χ0) is 21.0. The molecular weight excluding hydrogens is 371 g/mol. The van der Waals surface area contributed by atoms with Crippen LogP contribution in [0.1, 0.15) is 35.5 Å². The maximum Gasteiger partial charge on any atom is 0.272 e. The van der Waals surface area contributed by atoms with Gasteiger partial charge in [-0.2, -0.15) is 0 Å². The lowest BCUT2D eigenvalue weighted by atomic mass is 9.98. The zero-order valence-electron chi connectivity index (χ0n) is 16.7. The maximum absolute atomic E-state index is 14.8. The van der Waals surface area contributed by atoms with Gasteiger partial charge in [-0.25, -0.2) is 9.92 Å². The van der Waals surface area contributed by atoms with Crippen LogP contribution in [0.25, 0.3) is 0 Å². The summed E-state index contributed by atoms with van der Waals surface area (Å²) in [6, 6.07) is 8.55. The molecule has 0 radical (unpaired) electrons. The quantitative estimate of drug-likeness (QED) is 0.458. The third kappa shape index (κ3) is 4.64. The van der Waals surface area contributed by atoms with E-state index in [2.05, 4.69) is 23.9 Å². The average Bonchev–Trinajstić information content (AvgIpc) is 2.72. The van der Waals surface area contributed by atoms with Crippen LogP contribution in [0.5, 0.6) is 0 Å². The van der Waals surface area contributed by atoms with Gasteiger partial charge < -0.3 is 9.80 Å². The lowest BCUT2D eigenvalue weighted by molar-refractivity contribution is 0.0741. The van der Waals surface area contributed by atoms with Crippen molar-refractivity contribution in [3.63, 3.8) is 0 Å². The average molecular weight is 396 g/mol. The highest BCUT2D eigenvalue weighted by Crippen LogP contribution is 2.29. The molecule has 7 nitrogen and oxygen atoms in total. The number of amides is 1. The molecule has 1 aliphatic rings. The second-order valence-electron chi connectivity index (χ2n) is 7.52. The highest BCUT2D eigenvalue weighted by Gasteiger charge is 2.26. The molecule has 0 saturated carbocycles. The van der Waals surface area contributed by atoms with Gasteiger partial charge in [0.15, 0.2) is 5.84 Å².